The average molecular weight is 140 g/mol. The first-order valence-electron chi connectivity index (χ1n) is 2.71. The molecular weight excluding hydrogens is 132 g/mol. The van der Waals surface area contributed by atoms with E-state index in [1.807, 2.05) is 6.07 Å². The molecule has 54 valence electrons. The summed E-state index contributed by atoms with van der Waals surface area (Å²) < 4.78 is 4.25. The van der Waals surface area contributed by atoms with Crippen LogP contribution < -0.4 is 5.32 Å². The number of carbonyl (C=O) groups is 1. The summed E-state index contributed by atoms with van der Waals surface area (Å²) in [6.45, 7) is 1.61. The molecule has 4 nitrogen and oxygen atoms in total. The van der Waals surface area contributed by atoms with Gasteiger partial charge >= 0.3 is 0 Å². The molecule has 0 bridgehead atoms. The molecular formula is C6H8N2O2. The Morgan fingerprint density at radius 1 is 1.80 bits per heavy atom. The number of ether oxygens (including phenoxy) is 1. The Labute approximate surface area is 59.1 Å². The second-order valence-electron chi connectivity index (χ2n) is 1.54. The van der Waals surface area contributed by atoms with Crippen molar-refractivity contribution in [2.75, 3.05) is 0 Å². The summed E-state index contributed by atoms with van der Waals surface area (Å²) in [6, 6.07) is 1.46. The molecule has 0 saturated carbocycles. The van der Waals surface area contributed by atoms with Gasteiger partial charge in [-0.1, -0.05) is 0 Å². The Kier molecular flexibility index (Phi) is 4.79. The Balaban J connectivity index is 0.000000219. The number of carbonyl (C=O) groups excluding carboxylic acids is 1. The van der Waals surface area contributed by atoms with Crippen LogP contribution in [-0.4, -0.2) is 12.5 Å². The first-order chi connectivity index (χ1) is 4.81. The van der Waals surface area contributed by atoms with Crippen molar-refractivity contribution in [1.29, 1.82) is 5.26 Å². The van der Waals surface area contributed by atoms with Gasteiger partial charge in [-0.25, -0.2) is 0 Å². The van der Waals surface area contributed by atoms with Crippen LogP contribution in [0, 0.1) is 11.3 Å². The summed E-state index contributed by atoms with van der Waals surface area (Å²) in [5, 5.41) is 10.2. The van der Waals surface area contributed by atoms with E-state index in [-0.39, 0.29) is 6.04 Å². The normalized spacial score (nSPS) is 12.8. The van der Waals surface area contributed by atoms with Gasteiger partial charge in [-0.3, -0.25) is 4.79 Å². The first kappa shape index (κ1) is 8.50. The standard InChI is InChI=1S/C4H6N2O.C2H2O/c1-4(2-5)6-3-7;1-2-3-1/h3-4H,1H3,(H,6,7);1-2H. The van der Waals surface area contributed by atoms with Crippen LogP contribution in [0.25, 0.3) is 0 Å². The molecule has 1 aliphatic heterocycles. The fourth-order valence-corrected chi connectivity index (χ4v) is 0.139. The summed E-state index contributed by atoms with van der Waals surface area (Å²) in [5.41, 5.74) is 0. The number of rotatable bonds is 2. The van der Waals surface area contributed by atoms with E-state index in [1.54, 1.807) is 19.4 Å². The van der Waals surface area contributed by atoms with Crippen LogP contribution in [-0.2, 0) is 9.53 Å². The fourth-order valence-electron chi connectivity index (χ4n) is 0.139. The van der Waals surface area contributed by atoms with Crippen molar-refractivity contribution in [1.82, 2.24) is 5.32 Å². The summed E-state index contributed by atoms with van der Waals surface area (Å²) in [6.07, 6.45) is 3.76. The predicted molar refractivity (Wildman–Crippen MR) is 34.5 cm³/mol. The molecule has 1 atom stereocenters. The molecule has 10 heavy (non-hydrogen) atoms. The van der Waals surface area contributed by atoms with Crippen molar-refractivity contribution < 1.29 is 9.53 Å². The highest BCUT2D eigenvalue weighted by Gasteiger charge is 1.89. The second kappa shape index (κ2) is 5.63. The molecule has 1 unspecified atom stereocenters. The molecule has 0 radical (unpaired) electrons. The zero-order valence-corrected chi connectivity index (χ0v) is 5.57. The molecule has 0 aliphatic carbocycles. The van der Waals surface area contributed by atoms with E-state index in [4.69, 9.17) is 5.26 Å². The summed E-state index contributed by atoms with van der Waals surface area (Å²) >= 11 is 0. The number of amides is 1. The fraction of sp³-hybridized carbons (Fsp3) is 0.333. The van der Waals surface area contributed by atoms with E-state index in [0.717, 1.165) is 0 Å². The van der Waals surface area contributed by atoms with E-state index in [2.05, 4.69) is 10.1 Å². The Bertz CT molecular complexity index is 156. The summed E-state index contributed by atoms with van der Waals surface area (Å²) in [5.74, 6) is 0. The number of hydrogen-bond acceptors (Lipinski definition) is 3. The monoisotopic (exact) mass is 140 g/mol. The zero-order valence-electron chi connectivity index (χ0n) is 5.57. The van der Waals surface area contributed by atoms with Crippen molar-refractivity contribution in [2.45, 2.75) is 13.0 Å². The lowest BCUT2D eigenvalue weighted by atomic mass is 10.4. The van der Waals surface area contributed by atoms with Gasteiger partial charge in [-0.05, 0) is 6.92 Å². The molecule has 0 saturated heterocycles. The molecule has 4 heteroatoms. The highest BCUT2D eigenvalue weighted by atomic mass is 16.5. The van der Waals surface area contributed by atoms with Gasteiger partial charge in [-0.2, -0.15) is 5.26 Å². The van der Waals surface area contributed by atoms with Crippen LogP contribution in [0.5, 0.6) is 0 Å². The number of hydrogen-bond donors (Lipinski definition) is 1. The van der Waals surface area contributed by atoms with E-state index in [1.165, 1.54) is 0 Å². The largest absolute Gasteiger partial charge is 0.466 e. The molecule has 1 heterocycles. The van der Waals surface area contributed by atoms with Gasteiger partial charge in [0.25, 0.3) is 0 Å². The zero-order chi connectivity index (χ0) is 7.82. The molecule has 1 aliphatic rings. The van der Waals surface area contributed by atoms with E-state index in [0.29, 0.717) is 6.41 Å². The number of nitrogens with one attached hydrogen (secondary N) is 1. The molecule has 0 fully saturated rings. The minimum Gasteiger partial charge on any atom is -0.466 e. The molecule has 0 aromatic carbocycles. The Morgan fingerprint density at radius 3 is 2.40 bits per heavy atom. The first-order valence-corrected chi connectivity index (χ1v) is 2.71. The average Bonchev–Trinajstić information content (AvgIpc) is 2.73. The maximum Gasteiger partial charge on any atom is 0.208 e. The van der Waals surface area contributed by atoms with Crippen LogP contribution in [0.2, 0.25) is 0 Å². The van der Waals surface area contributed by atoms with E-state index < -0.39 is 0 Å². The summed E-state index contributed by atoms with van der Waals surface area (Å²) in [4.78, 5) is 9.51. The molecule has 1 rings (SSSR count). The van der Waals surface area contributed by atoms with Crippen molar-refractivity contribution in [3.63, 3.8) is 0 Å². The minimum atomic E-state index is -0.363. The van der Waals surface area contributed by atoms with Crippen molar-refractivity contribution in [3.8, 4) is 6.07 Å². The lowest BCUT2D eigenvalue weighted by molar-refractivity contribution is -0.109. The second-order valence-corrected chi connectivity index (χ2v) is 1.54. The van der Waals surface area contributed by atoms with Gasteiger partial charge in [0.1, 0.15) is 18.6 Å². The maximum absolute atomic E-state index is 9.51. The van der Waals surface area contributed by atoms with Gasteiger partial charge in [0.15, 0.2) is 0 Å². The van der Waals surface area contributed by atoms with Gasteiger partial charge in [0, 0.05) is 0 Å². The molecule has 0 aromatic heterocycles. The molecule has 0 aromatic rings. The van der Waals surface area contributed by atoms with Gasteiger partial charge < -0.3 is 10.1 Å². The van der Waals surface area contributed by atoms with E-state index >= 15 is 0 Å². The van der Waals surface area contributed by atoms with Crippen molar-refractivity contribution >= 4 is 6.41 Å². The van der Waals surface area contributed by atoms with Gasteiger partial charge in [-0.15, -0.1) is 0 Å². The Hall–Kier alpha value is -1.50. The highest BCUT2D eigenvalue weighted by Crippen LogP contribution is 1.89. The van der Waals surface area contributed by atoms with Crippen LogP contribution in [0.3, 0.4) is 0 Å². The van der Waals surface area contributed by atoms with Gasteiger partial charge in [0.2, 0.25) is 6.41 Å². The number of nitriles is 1. The van der Waals surface area contributed by atoms with Crippen LogP contribution in [0.1, 0.15) is 6.92 Å². The molecule has 0 spiro atoms. The predicted octanol–water partition coefficient (Wildman–Crippen LogP) is 0.132. The topological polar surface area (TPSA) is 65.4 Å². The highest BCUT2D eigenvalue weighted by molar-refractivity contribution is 5.47. The lowest BCUT2D eigenvalue weighted by Gasteiger charge is -1.93. The summed E-state index contributed by atoms with van der Waals surface area (Å²) in [7, 11) is 0. The van der Waals surface area contributed by atoms with Crippen molar-refractivity contribution in [2.24, 2.45) is 0 Å². The number of nitrogens with zero attached hydrogens (tertiary/aromatic N) is 1. The van der Waals surface area contributed by atoms with E-state index in [9.17, 15) is 4.79 Å². The molecule has 1 N–H and O–H groups in total. The van der Waals surface area contributed by atoms with Crippen molar-refractivity contribution in [3.05, 3.63) is 12.5 Å². The van der Waals surface area contributed by atoms with Crippen LogP contribution >= 0.6 is 0 Å². The lowest BCUT2D eigenvalue weighted by Crippen LogP contribution is -2.21. The third-order valence-electron chi connectivity index (χ3n) is 0.648. The minimum absolute atomic E-state index is 0.363. The van der Waals surface area contributed by atoms with Gasteiger partial charge in [0.05, 0.1) is 6.07 Å². The van der Waals surface area contributed by atoms with Crippen LogP contribution in [0.4, 0.5) is 0 Å². The third-order valence-corrected chi connectivity index (χ3v) is 0.648. The SMILES string of the molecule is C1=CO1.CC(C#N)NC=O. The smallest absolute Gasteiger partial charge is 0.208 e. The maximum atomic E-state index is 9.51. The quantitative estimate of drug-likeness (QED) is 0.554. The molecule has 1 amide bonds. The Morgan fingerprint density at radius 2 is 2.30 bits per heavy atom. The third kappa shape index (κ3) is 9.71. The van der Waals surface area contributed by atoms with Crippen LogP contribution in [0.15, 0.2) is 12.5 Å².